The van der Waals surface area contributed by atoms with Crippen molar-refractivity contribution in [2.45, 2.75) is 18.9 Å². The van der Waals surface area contributed by atoms with Crippen molar-refractivity contribution in [1.82, 2.24) is 14.8 Å². The third-order valence-electron chi connectivity index (χ3n) is 2.54. The van der Waals surface area contributed by atoms with Gasteiger partial charge >= 0.3 is 17.3 Å². The molecule has 1 aromatic heterocycles. The Bertz CT molecular complexity index is 434. The number of carbonyl (C=O) groups is 1. The zero-order valence-corrected chi connectivity index (χ0v) is 7.19. The summed E-state index contributed by atoms with van der Waals surface area (Å²) in [6.45, 7) is 0. The number of nitrogens with one attached hydrogen (secondary N) is 2. The Morgan fingerprint density at radius 2 is 1.79 bits per heavy atom. The summed E-state index contributed by atoms with van der Waals surface area (Å²) in [5.74, 6) is -1.30. The highest BCUT2D eigenvalue weighted by atomic mass is 16.4. The number of H-pyrrole nitrogens is 2. The van der Waals surface area contributed by atoms with Crippen LogP contribution in [0.15, 0.2) is 9.59 Å². The molecule has 0 bridgehead atoms. The van der Waals surface area contributed by atoms with E-state index in [0.29, 0.717) is 12.8 Å². The molecule has 7 nitrogen and oxygen atoms in total. The highest BCUT2D eigenvalue weighted by Gasteiger charge is 2.37. The molecule has 0 amide bonds. The zero-order chi connectivity index (χ0) is 10.3. The highest BCUT2D eigenvalue weighted by molar-refractivity contribution is 5.71. The van der Waals surface area contributed by atoms with E-state index >= 15 is 0 Å². The lowest BCUT2D eigenvalue weighted by Crippen LogP contribution is -2.40. The maximum absolute atomic E-state index is 11.1. The van der Waals surface area contributed by atoms with Gasteiger partial charge in [0.15, 0.2) is 0 Å². The molecule has 0 spiro atoms. The number of rotatable bonds is 2. The van der Waals surface area contributed by atoms with Gasteiger partial charge in [-0.25, -0.2) is 24.4 Å². The lowest BCUT2D eigenvalue weighted by atomic mass is 9.80. The standard InChI is InChI=1S/C7H9N3O4/c11-5(12)3-1-4(2-3)10-6(13)8-9-7(10)14/h3-4H,1-2H2,(H,8,13)(H,9,14)(H,11,12). The average Bonchev–Trinajstić information content (AvgIpc) is 2.32. The second-order valence-electron chi connectivity index (χ2n) is 3.39. The summed E-state index contributed by atoms with van der Waals surface area (Å²) in [7, 11) is 0. The number of hydrogen-bond donors (Lipinski definition) is 3. The van der Waals surface area contributed by atoms with Crippen molar-refractivity contribution < 1.29 is 9.90 Å². The highest BCUT2D eigenvalue weighted by Crippen LogP contribution is 2.35. The van der Waals surface area contributed by atoms with Crippen LogP contribution in [0.3, 0.4) is 0 Å². The topological polar surface area (TPSA) is 108 Å². The SMILES string of the molecule is O=C(O)C1CC(n2c(=O)[nH][nH]c2=O)C1. The Morgan fingerprint density at radius 3 is 2.21 bits per heavy atom. The van der Waals surface area contributed by atoms with Crippen LogP contribution in [-0.4, -0.2) is 25.8 Å². The fourth-order valence-electron chi connectivity index (χ4n) is 1.65. The van der Waals surface area contributed by atoms with Crippen molar-refractivity contribution in [3.05, 3.63) is 21.0 Å². The molecule has 0 aromatic carbocycles. The Balaban J connectivity index is 2.18. The maximum atomic E-state index is 11.1. The molecule has 1 fully saturated rings. The molecular formula is C7H9N3O4. The number of carboxylic acid groups (broad SMARTS) is 1. The minimum atomic E-state index is -0.874. The molecule has 76 valence electrons. The summed E-state index contributed by atoms with van der Waals surface area (Å²) in [4.78, 5) is 32.6. The van der Waals surface area contributed by atoms with Crippen molar-refractivity contribution in [3.63, 3.8) is 0 Å². The Hall–Kier alpha value is -1.79. The third kappa shape index (κ3) is 1.17. The number of aromatic amines is 2. The van der Waals surface area contributed by atoms with Crippen LogP contribution < -0.4 is 11.4 Å². The minimum Gasteiger partial charge on any atom is -0.481 e. The van der Waals surface area contributed by atoms with Crippen molar-refractivity contribution in [2.24, 2.45) is 5.92 Å². The van der Waals surface area contributed by atoms with E-state index in [9.17, 15) is 14.4 Å². The molecule has 1 aliphatic rings. The van der Waals surface area contributed by atoms with Gasteiger partial charge in [-0.05, 0) is 12.8 Å². The fourth-order valence-corrected chi connectivity index (χ4v) is 1.65. The molecule has 0 unspecified atom stereocenters. The monoisotopic (exact) mass is 199 g/mol. The first-order chi connectivity index (χ1) is 6.59. The maximum Gasteiger partial charge on any atom is 0.344 e. The van der Waals surface area contributed by atoms with Crippen molar-refractivity contribution >= 4 is 5.97 Å². The summed E-state index contributed by atoms with van der Waals surface area (Å²) in [5.41, 5.74) is -1.02. The molecule has 1 saturated carbocycles. The third-order valence-corrected chi connectivity index (χ3v) is 2.54. The van der Waals surface area contributed by atoms with Crippen LogP contribution in [0.2, 0.25) is 0 Å². The number of carboxylic acids is 1. The van der Waals surface area contributed by atoms with E-state index in [1.54, 1.807) is 0 Å². The normalized spacial score (nSPS) is 25.7. The molecule has 1 aliphatic carbocycles. The Morgan fingerprint density at radius 1 is 1.29 bits per heavy atom. The number of aromatic nitrogens is 3. The first kappa shape index (κ1) is 8.79. The molecule has 0 radical (unpaired) electrons. The first-order valence-electron chi connectivity index (χ1n) is 4.21. The molecule has 7 heteroatoms. The average molecular weight is 199 g/mol. The second kappa shape index (κ2) is 2.86. The van der Waals surface area contributed by atoms with Crippen LogP contribution in [0.5, 0.6) is 0 Å². The van der Waals surface area contributed by atoms with Crippen LogP contribution in [-0.2, 0) is 4.79 Å². The predicted octanol–water partition coefficient (Wildman–Crippen LogP) is -1.10. The van der Waals surface area contributed by atoms with Crippen LogP contribution >= 0.6 is 0 Å². The minimum absolute atomic E-state index is 0.279. The van der Waals surface area contributed by atoms with E-state index in [1.165, 1.54) is 0 Å². The van der Waals surface area contributed by atoms with Crippen LogP contribution in [0.4, 0.5) is 0 Å². The van der Waals surface area contributed by atoms with Crippen molar-refractivity contribution in [1.29, 1.82) is 0 Å². The molecule has 0 saturated heterocycles. The second-order valence-corrected chi connectivity index (χ2v) is 3.39. The number of nitrogens with zero attached hydrogens (tertiary/aromatic N) is 1. The molecule has 0 atom stereocenters. The van der Waals surface area contributed by atoms with E-state index in [0.717, 1.165) is 4.57 Å². The van der Waals surface area contributed by atoms with Gasteiger partial charge in [-0.2, -0.15) is 0 Å². The van der Waals surface area contributed by atoms with Crippen molar-refractivity contribution in [2.75, 3.05) is 0 Å². The van der Waals surface area contributed by atoms with Gasteiger partial charge in [0, 0.05) is 6.04 Å². The summed E-state index contributed by atoms with van der Waals surface area (Å²) in [6, 6.07) is -0.279. The van der Waals surface area contributed by atoms with E-state index in [-0.39, 0.29) is 6.04 Å². The molecule has 2 rings (SSSR count). The van der Waals surface area contributed by atoms with Gasteiger partial charge < -0.3 is 5.11 Å². The van der Waals surface area contributed by atoms with E-state index in [1.807, 2.05) is 0 Å². The van der Waals surface area contributed by atoms with Crippen LogP contribution in [0, 0.1) is 5.92 Å². The molecule has 1 heterocycles. The van der Waals surface area contributed by atoms with Crippen molar-refractivity contribution in [3.8, 4) is 0 Å². The summed E-state index contributed by atoms with van der Waals surface area (Å²) >= 11 is 0. The molecule has 1 aromatic rings. The smallest absolute Gasteiger partial charge is 0.344 e. The van der Waals surface area contributed by atoms with E-state index in [2.05, 4.69) is 10.2 Å². The van der Waals surface area contributed by atoms with Gasteiger partial charge in [-0.3, -0.25) is 4.79 Å². The zero-order valence-electron chi connectivity index (χ0n) is 7.19. The van der Waals surface area contributed by atoms with Crippen LogP contribution in [0.1, 0.15) is 18.9 Å². The molecule has 14 heavy (non-hydrogen) atoms. The lowest BCUT2D eigenvalue weighted by molar-refractivity contribution is -0.146. The van der Waals surface area contributed by atoms with Gasteiger partial charge in [-0.15, -0.1) is 0 Å². The number of aliphatic carboxylic acids is 1. The fraction of sp³-hybridized carbons (Fsp3) is 0.571. The van der Waals surface area contributed by atoms with Gasteiger partial charge in [0.25, 0.3) is 0 Å². The predicted molar refractivity (Wildman–Crippen MR) is 45.1 cm³/mol. The van der Waals surface area contributed by atoms with Gasteiger partial charge in [0.05, 0.1) is 5.92 Å². The largest absolute Gasteiger partial charge is 0.481 e. The lowest BCUT2D eigenvalue weighted by Gasteiger charge is -2.31. The summed E-state index contributed by atoms with van der Waals surface area (Å²) in [5, 5.41) is 12.9. The molecular weight excluding hydrogens is 190 g/mol. The summed E-state index contributed by atoms with van der Waals surface area (Å²) in [6.07, 6.45) is 0.687. The van der Waals surface area contributed by atoms with E-state index in [4.69, 9.17) is 5.11 Å². The Labute approximate surface area is 77.4 Å². The Kier molecular flexibility index (Phi) is 1.80. The van der Waals surface area contributed by atoms with Gasteiger partial charge in [-0.1, -0.05) is 0 Å². The molecule has 0 aliphatic heterocycles. The quantitative estimate of drug-likeness (QED) is 0.561. The van der Waals surface area contributed by atoms with Crippen LogP contribution in [0.25, 0.3) is 0 Å². The first-order valence-corrected chi connectivity index (χ1v) is 4.21. The van der Waals surface area contributed by atoms with E-state index < -0.39 is 23.3 Å². The number of hydrogen-bond acceptors (Lipinski definition) is 3. The van der Waals surface area contributed by atoms with Gasteiger partial charge in [0.1, 0.15) is 0 Å². The van der Waals surface area contributed by atoms with Gasteiger partial charge in [0.2, 0.25) is 0 Å². The molecule has 3 N–H and O–H groups in total. The summed E-state index contributed by atoms with van der Waals surface area (Å²) < 4.78 is 1.03.